The number of hydrogen-bond donors (Lipinski definition) is 1. The second-order valence-electron chi connectivity index (χ2n) is 7.19. The van der Waals surface area contributed by atoms with E-state index >= 15 is 0 Å². The number of carbonyl (C=O) groups excluding carboxylic acids is 1. The molecule has 1 N–H and O–H groups in total. The predicted molar refractivity (Wildman–Crippen MR) is 112 cm³/mol. The number of nitrogens with one attached hydrogen (secondary N) is 1. The molecular formula is C21H29N5O2. The van der Waals surface area contributed by atoms with Gasteiger partial charge in [-0.1, -0.05) is 19.1 Å². The van der Waals surface area contributed by atoms with Crippen LogP contribution in [0.15, 0.2) is 36.7 Å². The highest BCUT2D eigenvalue weighted by molar-refractivity contribution is 5.95. The van der Waals surface area contributed by atoms with Gasteiger partial charge in [0.15, 0.2) is 0 Å². The van der Waals surface area contributed by atoms with Crippen molar-refractivity contribution in [3.05, 3.63) is 36.7 Å². The summed E-state index contributed by atoms with van der Waals surface area (Å²) in [6.07, 6.45) is 4.03. The van der Waals surface area contributed by atoms with Gasteiger partial charge in [-0.05, 0) is 37.8 Å². The van der Waals surface area contributed by atoms with Crippen LogP contribution in [0.25, 0.3) is 0 Å². The fourth-order valence-electron chi connectivity index (χ4n) is 3.55. The van der Waals surface area contributed by atoms with Crippen LogP contribution in [0, 0.1) is 5.92 Å². The number of ether oxygens (including phenoxy) is 1. The summed E-state index contributed by atoms with van der Waals surface area (Å²) in [6.45, 7) is 7.20. The Labute approximate surface area is 166 Å². The molecule has 3 rings (SSSR count). The Balaban J connectivity index is 1.69. The fraction of sp³-hybridized carbons (Fsp3) is 0.476. The molecule has 2 aromatic rings. The highest BCUT2D eigenvalue weighted by Crippen LogP contribution is 2.25. The molecule has 0 radical (unpaired) electrons. The first kappa shape index (κ1) is 19.9. The van der Waals surface area contributed by atoms with Crippen LogP contribution in [0.4, 0.5) is 17.3 Å². The molecule has 0 aliphatic carbocycles. The number of methoxy groups -OCH3 is 1. The fourth-order valence-corrected chi connectivity index (χ4v) is 3.55. The molecule has 7 nitrogen and oxygen atoms in total. The van der Waals surface area contributed by atoms with Crippen molar-refractivity contribution in [3.8, 4) is 5.75 Å². The molecule has 150 valence electrons. The summed E-state index contributed by atoms with van der Waals surface area (Å²) in [5.41, 5.74) is 0.664. The number of benzene rings is 1. The Bertz CT molecular complexity index is 798. The van der Waals surface area contributed by atoms with E-state index in [1.54, 1.807) is 13.4 Å². The first-order valence-electron chi connectivity index (χ1n) is 9.85. The lowest BCUT2D eigenvalue weighted by molar-refractivity contribution is -0.115. The quantitative estimate of drug-likeness (QED) is 0.792. The number of aromatic nitrogens is 2. The summed E-state index contributed by atoms with van der Waals surface area (Å²) in [5, 5.41) is 2.92. The van der Waals surface area contributed by atoms with Crippen LogP contribution in [-0.2, 0) is 4.79 Å². The first-order chi connectivity index (χ1) is 13.6. The van der Waals surface area contributed by atoms with E-state index in [1.165, 1.54) is 12.8 Å². The minimum atomic E-state index is -0.113. The van der Waals surface area contributed by atoms with E-state index in [4.69, 9.17) is 4.74 Å². The van der Waals surface area contributed by atoms with Gasteiger partial charge in [0.2, 0.25) is 5.91 Å². The van der Waals surface area contributed by atoms with Crippen LogP contribution in [0.1, 0.15) is 26.7 Å². The monoisotopic (exact) mass is 383 g/mol. The number of anilines is 3. The van der Waals surface area contributed by atoms with Crippen molar-refractivity contribution >= 4 is 23.2 Å². The Morgan fingerprint density at radius 1 is 1.36 bits per heavy atom. The van der Waals surface area contributed by atoms with Crippen LogP contribution in [-0.4, -0.2) is 49.2 Å². The molecule has 1 aliphatic heterocycles. The molecule has 1 aliphatic rings. The maximum absolute atomic E-state index is 12.6. The molecule has 1 fully saturated rings. The number of nitrogens with zero attached hydrogens (tertiary/aromatic N) is 4. The Hall–Kier alpha value is -2.83. The average molecular weight is 383 g/mol. The van der Waals surface area contributed by atoms with E-state index in [9.17, 15) is 4.79 Å². The number of piperidine rings is 1. The number of hydrogen-bond acceptors (Lipinski definition) is 6. The van der Waals surface area contributed by atoms with Crippen molar-refractivity contribution in [2.45, 2.75) is 26.7 Å². The van der Waals surface area contributed by atoms with Crippen molar-refractivity contribution < 1.29 is 9.53 Å². The molecule has 1 aromatic heterocycles. The van der Waals surface area contributed by atoms with Gasteiger partial charge in [0.25, 0.3) is 0 Å². The largest absolute Gasteiger partial charge is 0.495 e. The molecule has 1 aromatic carbocycles. The molecule has 28 heavy (non-hydrogen) atoms. The van der Waals surface area contributed by atoms with Crippen LogP contribution in [0.5, 0.6) is 5.75 Å². The zero-order valence-electron chi connectivity index (χ0n) is 16.9. The maximum atomic E-state index is 12.6. The highest BCUT2D eigenvalue weighted by atomic mass is 16.5. The molecule has 1 atom stereocenters. The average Bonchev–Trinajstić information content (AvgIpc) is 2.72. The molecule has 7 heteroatoms. The van der Waals surface area contributed by atoms with Gasteiger partial charge in [-0.15, -0.1) is 0 Å². The molecule has 0 spiro atoms. The van der Waals surface area contributed by atoms with Crippen molar-refractivity contribution in [1.29, 1.82) is 0 Å². The number of rotatable bonds is 7. The predicted octanol–water partition coefficient (Wildman–Crippen LogP) is 3.19. The SMILES string of the molecule is CCN(CC(=O)Nc1ccccc1OC)c1cc(N2CCCC(C)C2)ncn1. The Kier molecular flexibility index (Phi) is 6.68. The molecular weight excluding hydrogens is 354 g/mol. The zero-order chi connectivity index (χ0) is 19.9. The number of likely N-dealkylation sites (N-methyl/N-ethyl adjacent to an activating group) is 1. The number of carbonyl (C=O) groups is 1. The van der Waals surface area contributed by atoms with E-state index in [1.807, 2.05) is 42.2 Å². The molecule has 1 saturated heterocycles. The Morgan fingerprint density at radius 2 is 2.18 bits per heavy atom. The van der Waals surface area contributed by atoms with Crippen molar-refractivity contribution in [2.75, 3.05) is 48.4 Å². The van der Waals surface area contributed by atoms with E-state index in [-0.39, 0.29) is 12.5 Å². The van der Waals surface area contributed by atoms with Crippen LogP contribution >= 0.6 is 0 Å². The van der Waals surface area contributed by atoms with Crippen molar-refractivity contribution in [1.82, 2.24) is 9.97 Å². The molecule has 0 saturated carbocycles. The standard InChI is InChI=1S/C21H29N5O2/c1-4-25(14-21(27)24-17-9-5-6-10-18(17)28-3)19-12-20(23-15-22-19)26-11-7-8-16(2)13-26/h5-6,9-10,12,15-16H,4,7-8,11,13-14H2,1-3H3,(H,24,27). The van der Waals surface area contributed by atoms with Gasteiger partial charge in [0.1, 0.15) is 23.7 Å². The molecule has 1 amide bonds. The van der Waals surface area contributed by atoms with Crippen LogP contribution in [0.3, 0.4) is 0 Å². The van der Waals surface area contributed by atoms with Gasteiger partial charge in [0.05, 0.1) is 19.3 Å². The zero-order valence-corrected chi connectivity index (χ0v) is 16.9. The normalized spacial score (nSPS) is 16.5. The first-order valence-corrected chi connectivity index (χ1v) is 9.85. The molecule has 1 unspecified atom stereocenters. The highest BCUT2D eigenvalue weighted by Gasteiger charge is 2.19. The lowest BCUT2D eigenvalue weighted by Crippen LogP contribution is -2.36. The minimum Gasteiger partial charge on any atom is -0.495 e. The maximum Gasteiger partial charge on any atom is 0.244 e. The molecule has 2 heterocycles. The Morgan fingerprint density at radius 3 is 2.93 bits per heavy atom. The summed E-state index contributed by atoms with van der Waals surface area (Å²) < 4.78 is 5.30. The van der Waals surface area contributed by atoms with Crippen molar-refractivity contribution in [2.24, 2.45) is 5.92 Å². The van der Waals surface area contributed by atoms with E-state index in [0.29, 0.717) is 23.9 Å². The van der Waals surface area contributed by atoms with Crippen LogP contribution < -0.4 is 19.9 Å². The van der Waals surface area contributed by atoms with E-state index < -0.39 is 0 Å². The minimum absolute atomic E-state index is 0.113. The molecule has 0 bridgehead atoms. The third kappa shape index (κ3) is 4.91. The lowest BCUT2D eigenvalue weighted by atomic mass is 10.0. The van der Waals surface area contributed by atoms with E-state index in [2.05, 4.69) is 27.1 Å². The van der Waals surface area contributed by atoms with Crippen LogP contribution in [0.2, 0.25) is 0 Å². The summed E-state index contributed by atoms with van der Waals surface area (Å²) in [7, 11) is 1.59. The van der Waals surface area contributed by atoms with Gasteiger partial charge < -0.3 is 19.9 Å². The summed E-state index contributed by atoms with van der Waals surface area (Å²) in [4.78, 5) is 25.7. The smallest absolute Gasteiger partial charge is 0.244 e. The van der Waals surface area contributed by atoms with Gasteiger partial charge in [-0.3, -0.25) is 4.79 Å². The third-order valence-corrected chi connectivity index (χ3v) is 5.04. The summed E-state index contributed by atoms with van der Waals surface area (Å²) >= 11 is 0. The van der Waals surface area contributed by atoms with Gasteiger partial charge in [-0.2, -0.15) is 0 Å². The second-order valence-corrected chi connectivity index (χ2v) is 7.19. The second kappa shape index (κ2) is 9.39. The third-order valence-electron chi connectivity index (χ3n) is 5.04. The van der Waals surface area contributed by atoms with Crippen molar-refractivity contribution in [3.63, 3.8) is 0 Å². The lowest BCUT2D eigenvalue weighted by Gasteiger charge is -2.32. The van der Waals surface area contributed by atoms with Gasteiger partial charge in [0, 0.05) is 25.7 Å². The summed E-state index contributed by atoms with van der Waals surface area (Å²) in [6, 6.07) is 9.37. The van der Waals surface area contributed by atoms with Gasteiger partial charge in [-0.25, -0.2) is 9.97 Å². The van der Waals surface area contributed by atoms with Gasteiger partial charge >= 0.3 is 0 Å². The number of amides is 1. The number of para-hydroxylation sites is 2. The van der Waals surface area contributed by atoms with E-state index in [0.717, 1.165) is 24.7 Å². The summed E-state index contributed by atoms with van der Waals surface area (Å²) in [5.74, 6) is 2.89. The topological polar surface area (TPSA) is 70.6 Å².